The summed E-state index contributed by atoms with van der Waals surface area (Å²) in [6.07, 6.45) is 3.14. The zero-order chi connectivity index (χ0) is 17.5. The number of benzene rings is 1. The van der Waals surface area contributed by atoms with Gasteiger partial charge >= 0.3 is 5.97 Å². The first-order valence-electron chi connectivity index (χ1n) is 7.47. The molecule has 0 aromatic heterocycles. The number of carboxylic acid groups (broad SMARTS) is 1. The topological polar surface area (TPSA) is 98.7 Å². The molecular weight excluding hydrogens is 296 g/mol. The maximum Gasteiger partial charge on any atom is 0.323 e. The molecule has 0 bridgehead atoms. The van der Waals surface area contributed by atoms with Crippen molar-refractivity contribution in [3.05, 3.63) is 48.0 Å². The minimum Gasteiger partial charge on any atom is -0.480 e. The Bertz CT molecular complexity index is 557. The summed E-state index contributed by atoms with van der Waals surface area (Å²) >= 11 is 0. The van der Waals surface area contributed by atoms with Gasteiger partial charge in [0.1, 0.15) is 5.54 Å². The summed E-state index contributed by atoms with van der Waals surface area (Å²) in [5.74, 6) is -1.44. The molecule has 1 aromatic rings. The molecule has 0 spiro atoms. The van der Waals surface area contributed by atoms with Gasteiger partial charge in [-0.05, 0) is 24.8 Å². The molecule has 0 fully saturated rings. The average molecular weight is 320 g/mol. The van der Waals surface area contributed by atoms with Gasteiger partial charge in [-0.3, -0.25) is 20.1 Å². The van der Waals surface area contributed by atoms with Crippen molar-refractivity contribution >= 4 is 11.9 Å². The number of amides is 1. The Hall–Kier alpha value is -2.18. The van der Waals surface area contributed by atoms with E-state index in [1.165, 1.54) is 17.6 Å². The molecular formula is C17H24N2O4. The van der Waals surface area contributed by atoms with Gasteiger partial charge in [0.15, 0.2) is 0 Å². The number of hydrogen-bond donors (Lipinski definition) is 4. The fourth-order valence-corrected chi connectivity index (χ4v) is 2.49. The van der Waals surface area contributed by atoms with Crippen molar-refractivity contribution in [3.8, 4) is 0 Å². The van der Waals surface area contributed by atoms with Crippen molar-refractivity contribution in [2.45, 2.75) is 38.8 Å². The van der Waals surface area contributed by atoms with Gasteiger partial charge in [0.05, 0.1) is 6.04 Å². The van der Waals surface area contributed by atoms with Crippen molar-refractivity contribution in [1.29, 1.82) is 0 Å². The predicted molar refractivity (Wildman–Crippen MR) is 86.9 cm³/mol. The molecule has 23 heavy (non-hydrogen) atoms. The molecule has 0 saturated heterocycles. The number of aliphatic carboxylic acids is 1. The Morgan fingerprint density at radius 1 is 1.26 bits per heavy atom. The number of rotatable bonds is 8. The smallest absolute Gasteiger partial charge is 0.323 e. The van der Waals surface area contributed by atoms with Crippen molar-refractivity contribution in [2.24, 2.45) is 5.92 Å². The lowest BCUT2D eigenvalue weighted by molar-refractivity contribution is -0.145. The second-order valence-electron chi connectivity index (χ2n) is 6.10. The number of hydrogen-bond acceptors (Lipinski definition) is 4. The lowest BCUT2D eigenvalue weighted by Crippen LogP contribution is -2.51. The molecule has 126 valence electrons. The molecule has 0 aliphatic heterocycles. The molecule has 4 N–H and O–H groups in total. The van der Waals surface area contributed by atoms with E-state index < -0.39 is 23.5 Å². The summed E-state index contributed by atoms with van der Waals surface area (Å²) in [5.41, 5.74) is 1.20. The van der Waals surface area contributed by atoms with Crippen LogP contribution in [-0.2, 0) is 9.59 Å². The maximum atomic E-state index is 11.7. The van der Waals surface area contributed by atoms with Crippen LogP contribution >= 0.6 is 0 Å². The van der Waals surface area contributed by atoms with Gasteiger partial charge in [-0.1, -0.05) is 50.3 Å². The predicted octanol–water partition coefficient (Wildman–Crippen LogP) is 2.27. The maximum absolute atomic E-state index is 11.7. The lowest BCUT2D eigenvalue weighted by Gasteiger charge is -2.32. The first-order valence-corrected chi connectivity index (χ1v) is 7.47. The number of carboxylic acids is 1. The first-order chi connectivity index (χ1) is 10.8. The van der Waals surface area contributed by atoms with E-state index in [4.69, 9.17) is 5.21 Å². The third-order valence-electron chi connectivity index (χ3n) is 3.47. The highest BCUT2D eigenvalue weighted by atomic mass is 16.5. The van der Waals surface area contributed by atoms with Crippen LogP contribution < -0.4 is 10.8 Å². The van der Waals surface area contributed by atoms with Crippen LogP contribution in [0, 0.1) is 5.92 Å². The molecule has 0 saturated carbocycles. The van der Waals surface area contributed by atoms with Gasteiger partial charge in [-0.15, -0.1) is 0 Å². The molecule has 0 radical (unpaired) electrons. The van der Waals surface area contributed by atoms with Crippen LogP contribution in [0.2, 0.25) is 0 Å². The Kier molecular flexibility index (Phi) is 6.93. The highest BCUT2D eigenvalue weighted by Gasteiger charge is 2.35. The van der Waals surface area contributed by atoms with Crippen LogP contribution in [0.25, 0.3) is 0 Å². The van der Waals surface area contributed by atoms with Gasteiger partial charge in [0, 0.05) is 6.08 Å². The number of carbonyl (C=O) groups is 2. The fourth-order valence-electron chi connectivity index (χ4n) is 2.49. The van der Waals surface area contributed by atoms with E-state index in [1.54, 1.807) is 6.92 Å². The zero-order valence-electron chi connectivity index (χ0n) is 13.6. The summed E-state index contributed by atoms with van der Waals surface area (Å²) < 4.78 is 0. The molecule has 0 heterocycles. The highest BCUT2D eigenvalue weighted by molar-refractivity contribution is 5.86. The minimum absolute atomic E-state index is 0.185. The lowest BCUT2D eigenvalue weighted by atomic mass is 9.89. The summed E-state index contributed by atoms with van der Waals surface area (Å²) in [4.78, 5) is 22.9. The van der Waals surface area contributed by atoms with Crippen LogP contribution in [0.5, 0.6) is 0 Å². The Labute approximate surface area is 136 Å². The monoisotopic (exact) mass is 320 g/mol. The molecule has 6 heteroatoms. The van der Waals surface area contributed by atoms with Crippen molar-refractivity contribution in [2.75, 3.05) is 0 Å². The second kappa shape index (κ2) is 8.45. The van der Waals surface area contributed by atoms with Crippen molar-refractivity contribution in [1.82, 2.24) is 10.8 Å². The third kappa shape index (κ3) is 5.84. The number of nitrogens with one attached hydrogen (secondary N) is 2. The molecule has 0 aliphatic carbocycles. The van der Waals surface area contributed by atoms with E-state index in [1.807, 2.05) is 44.2 Å². The Balaban J connectivity index is 3.10. The van der Waals surface area contributed by atoms with E-state index >= 15 is 0 Å². The van der Waals surface area contributed by atoms with Crippen LogP contribution in [0.1, 0.15) is 38.8 Å². The summed E-state index contributed by atoms with van der Waals surface area (Å²) in [6, 6.07) is 8.74. The molecule has 1 rings (SSSR count). The van der Waals surface area contributed by atoms with Crippen LogP contribution in [-0.4, -0.2) is 27.7 Å². The first kappa shape index (κ1) is 18.9. The minimum atomic E-state index is -1.14. The Morgan fingerprint density at radius 3 is 2.35 bits per heavy atom. The molecule has 0 aliphatic rings. The zero-order valence-corrected chi connectivity index (χ0v) is 13.6. The van der Waals surface area contributed by atoms with Crippen molar-refractivity contribution < 1.29 is 19.9 Å². The van der Waals surface area contributed by atoms with Gasteiger partial charge in [0.25, 0.3) is 5.91 Å². The third-order valence-corrected chi connectivity index (χ3v) is 3.47. The molecule has 2 atom stereocenters. The molecule has 1 amide bonds. The molecule has 1 aromatic carbocycles. The number of hydroxylamine groups is 1. The van der Waals surface area contributed by atoms with Crippen LogP contribution in [0.15, 0.2) is 42.5 Å². The fraction of sp³-hybridized carbons (Fsp3) is 0.412. The second-order valence-corrected chi connectivity index (χ2v) is 6.10. The standard InChI is InChI=1S/C17H24N2O4/c1-12(2)11-17(3,16(21)22)18-14(9-10-15(20)19-23)13-7-5-4-6-8-13/h4-10,12,14,18,23H,11H2,1-3H3,(H,19,20)(H,21,22)/t14?,17-/m1/s1. The van der Waals surface area contributed by atoms with E-state index in [2.05, 4.69) is 5.32 Å². The van der Waals surface area contributed by atoms with Crippen molar-refractivity contribution in [3.63, 3.8) is 0 Å². The summed E-state index contributed by atoms with van der Waals surface area (Å²) in [5, 5.41) is 21.3. The highest BCUT2D eigenvalue weighted by Crippen LogP contribution is 2.23. The summed E-state index contributed by atoms with van der Waals surface area (Å²) in [6.45, 7) is 5.54. The summed E-state index contributed by atoms with van der Waals surface area (Å²) in [7, 11) is 0. The van der Waals surface area contributed by atoms with Gasteiger partial charge in [0.2, 0.25) is 0 Å². The van der Waals surface area contributed by atoms with E-state index in [-0.39, 0.29) is 5.92 Å². The SMILES string of the molecule is CC(C)C[C@@](C)(NC(C=CC(=O)NO)c1ccccc1)C(=O)O. The van der Waals surface area contributed by atoms with Gasteiger partial charge < -0.3 is 5.11 Å². The quantitative estimate of drug-likeness (QED) is 0.334. The van der Waals surface area contributed by atoms with Crippen LogP contribution in [0.4, 0.5) is 0 Å². The van der Waals surface area contributed by atoms with Gasteiger partial charge in [-0.25, -0.2) is 5.48 Å². The average Bonchev–Trinajstić information content (AvgIpc) is 2.51. The van der Waals surface area contributed by atoms with Crippen LogP contribution in [0.3, 0.4) is 0 Å². The van der Waals surface area contributed by atoms with Gasteiger partial charge in [-0.2, -0.15) is 0 Å². The van der Waals surface area contributed by atoms with E-state index in [0.717, 1.165) is 5.56 Å². The van der Waals surface area contributed by atoms with E-state index in [9.17, 15) is 14.7 Å². The largest absolute Gasteiger partial charge is 0.480 e. The number of carbonyl (C=O) groups excluding carboxylic acids is 1. The normalized spacial score (nSPS) is 15.3. The van der Waals surface area contributed by atoms with E-state index in [0.29, 0.717) is 6.42 Å². The molecule has 1 unspecified atom stereocenters. The Morgan fingerprint density at radius 2 is 1.87 bits per heavy atom. The molecule has 6 nitrogen and oxygen atoms in total.